The summed E-state index contributed by atoms with van der Waals surface area (Å²) in [6, 6.07) is 1.47. The van der Waals surface area contributed by atoms with Gasteiger partial charge in [-0.15, -0.1) is 11.3 Å². The number of piperidine rings is 1. The van der Waals surface area contributed by atoms with Gasteiger partial charge >= 0.3 is 0 Å². The minimum absolute atomic E-state index is 0.256. The highest BCUT2D eigenvalue weighted by molar-refractivity contribution is 9.11. The molecule has 1 unspecified atom stereocenters. The molecule has 2 N–H and O–H groups in total. The van der Waals surface area contributed by atoms with Crippen molar-refractivity contribution < 1.29 is 8.42 Å². The second-order valence-electron chi connectivity index (χ2n) is 4.59. The van der Waals surface area contributed by atoms with E-state index in [0.29, 0.717) is 21.3 Å². The molecule has 1 aromatic heterocycles. The molecular weight excluding hydrogens is 372 g/mol. The summed E-state index contributed by atoms with van der Waals surface area (Å²) in [6.45, 7) is 2.53. The van der Waals surface area contributed by atoms with Gasteiger partial charge in [-0.2, -0.15) is 0 Å². The van der Waals surface area contributed by atoms with Crippen LogP contribution in [0.4, 0.5) is 0 Å². The summed E-state index contributed by atoms with van der Waals surface area (Å²) in [5, 5.41) is 3.76. The first kappa shape index (κ1) is 15.7. The molecule has 2 rings (SSSR count). The average molecular weight is 388 g/mol. The summed E-state index contributed by atoms with van der Waals surface area (Å²) in [7, 11) is -3.43. The van der Waals surface area contributed by atoms with Gasteiger partial charge in [-0.05, 0) is 60.3 Å². The van der Waals surface area contributed by atoms with Gasteiger partial charge in [0.05, 0.1) is 8.81 Å². The van der Waals surface area contributed by atoms with Crippen LogP contribution in [-0.2, 0) is 10.0 Å². The van der Waals surface area contributed by atoms with E-state index in [2.05, 4.69) is 26.0 Å². The Morgan fingerprint density at radius 2 is 2.37 bits per heavy atom. The molecule has 1 saturated heterocycles. The molecule has 0 aliphatic carbocycles. The fraction of sp³-hybridized carbons (Fsp3) is 0.636. The Hall–Kier alpha value is 0.340. The van der Waals surface area contributed by atoms with Crippen molar-refractivity contribution in [2.75, 3.05) is 19.6 Å². The number of hydrogen-bond donors (Lipinski definition) is 2. The van der Waals surface area contributed by atoms with E-state index in [9.17, 15) is 8.42 Å². The quantitative estimate of drug-likeness (QED) is 0.817. The third kappa shape index (κ3) is 4.41. The zero-order valence-electron chi connectivity index (χ0n) is 10.3. The first-order chi connectivity index (χ1) is 8.99. The number of sulfonamides is 1. The van der Waals surface area contributed by atoms with Crippen molar-refractivity contribution in [1.29, 1.82) is 0 Å². The van der Waals surface area contributed by atoms with Crippen molar-refractivity contribution in [1.82, 2.24) is 10.0 Å². The van der Waals surface area contributed by atoms with Crippen LogP contribution >= 0.6 is 38.9 Å². The molecule has 0 amide bonds. The van der Waals surface area contributed by atoms with Crippen LogP contribution in [0.15, 0.2) is 14.1 Å². The van der Waals surface area contributed by atoms with Gasteiger partial charge < -0.3 is 5.32 Å². The average Bonchev–Trinajstić information content (AvgIpc) is 2.72. The molecule has 0 spiro atoms. The summed E-state index contributed by atoms with van der Waals surface area (Å²) in [6.07, 6.45) is 3.21. The Bertz CT molecular complexity index is 507. The standard InChI is InChI=1S/C11H16BrClN2O2S2/c12-11-9(13)6-10(18-11)19(16,17)15-5-3-8-2-1-4-14-7-8/h6,8,14-15H,1-5,7H2. The lowest BCUT2D eigenvalue weighted by Crippen LogP contribution is -2.33. The minimum atomic E-state index is -3.43. The van der Waals surface area contributed by atoms with Crippen molar-refractivity contribution >= 4 is 48.9 Å². The third-order valence-electron chi connectivity index (χ3n) is 3.13. The minimum Gasteiger partial charge on any atom is -0.316 e. The van der Waals surface area contributed by atoms with E-state index in [4.69, 9.17) is 11.6 Å². The lowest BCUT2D eigenvalue weighted by molar-refractivity contribution is 0.358. The Morgan fingerprint density at radius 1 is 1.58 bits per heavy atom. The zero-order chi connectivity index (χ0) is 13.9. The summed E-state index contributed by atoms with van der Waals surface area (Å²) >= 11 is 10.2. The maximum absolute atomic E-state index is 12.0. The summed E-state index contributed by atoms with van der Waals surface area (Å²) in [5.74, 6) is 0.565. The van der Waals surface area contributed by atoms with Gasteiger partial charge in [-0.3, -0.25) is 0 Å². The number of halogens is 2. The molecule has 1 aliphatic rings. The van der Waals surface area contributed by atoms with E-state index in [1.165, 1.54) is 18.9 Å². The van der Waals surface area contributed by atoms with Crippen LogP contribution in [0.2, 0.25) is 5.02 Å². The predicted molar refractivity (Wildman–Crippen MR) is 82.4 cm³/mol. The highest BCUT2D eigenvalue weighted by Crippen LogP contribution is 2.34. The van der Waals surface area contributed by atoms with Crippen molar-refractivity contribution in [3.8, 4) is 0 Å². The molecule has 0 radical (unpaired) electrons. The van der Waals surface area contributed by atoms with Crippen LogP contribution in [-0.4, -0.2) is 28.1 Å². The van der Waals surface area contributed by atoms with Crippen molar-refractivity contribution in [3.63, 3.8) is 0 Å². The molecule has 0 bridgehead atoms. The molecule has 19 heavy (non-hydrogen) atoms. The Balaban J connectivity index is 1.87. The second-order valence-corrected chi connectivity index (χ2v) is 9.36. The van der Waals surface area contributed by atoms with Crippen molar-refractivity contribution in [2.45, 2.75) is 23.5 Å². The van der Waals surface area contributed by atoms with Gasteiger partial charge in [-0.1, -0.05) is 11.6 Å². The number of nitrogens with one attached hydrogen (secondary N) is 2. The van der Waals surface area contributed by atoms with Crippen LogP contribution in [0, 0.1) is 5.92 Å². The maximum Gasteiger partial charge on any atom is 0.250 e. The summed E-state index contributed by atoms with van der Waals surface area (Å²) < 4.78 is 27.6. The Morgan fingerprint density at radius 3 is 2.95 bits per heavy atom. The smallest absolute Gasteiger partial charge is 0.250 e. The fourth-order valence-electron chi connectivity index (χ4n) is 2.10. The predicted octanol–water partition coefficient (Wildman–Crippen LogP) is 2.83. The van der Waals surface area contributed by atoms with Crippen LogP contribution in [0.3, 0.4) is 0 Å². The van der Waals surface area contributed by atoms with E-state index in [0.717, 1.165) is 30.8 Å². The highest BCUT2D eigenvalue weighted by atomic mass is 79.9. The normalized spacial score (nSPS) is 20.6. The SMILES string of the molecule is O=S(=O)(NCCC1CCCNC1)c1cc(Cl)c(Br)s1. The summed E-state index contributed by atoms with van der Waals surface area (Å²) in [4.78, 5) is 0. The number of thiophene rings is 1. The van der Waals surface area contributed by atoms with Gasteiger partial charge in [0, 0.05) is 6.54 Å². The van der Waals surface area contributed by atoms with Crippen molar-refractivity contribution in [3.05, 3.63) is 14.9 Å². The van der Waals surface area contributed by atoms with Crippen LogP contribution in [0.1, 0.15) is 19.3 Å². The van der Waals surface area contributed by atoms with Gasteiger partial charge in [0.1, 0.15) is 4.21 Å². The maximum atomic E-state index is 12.0. The molecule has 1 aromatic rings. The lowest BCUT2D eigenvalue weighted by Gasteiger charge is -2.22. The molecule has 1 aliphatic heterocycles. The number of rotatable bonds is 5. The largest absolute Gasteiger partial charge is 0.316 e. The van der Waals surface area contributed by atoms with E-state index in [1.807, 2.05) is 0 Å². The molecule has 108 valence electrons. The molecule has 4 nitrogen and oxygen atoms in total. The topological polar surface area (TPSA) is 58.2 Å². The van der Waals surface area contributed by atoms with E-state index in [-0.39, 0.29) is 4.21 Å². The van der Waals surface area contributed by atoms with E-state index < -0.39 is 10.0 Å². The fourth-order valence-corrected chi connectivity index (χ4v) is 5.59. The Kier molecular flexibility index (Phi) is 5.68. The van der Waals surface area contributed by atoms with Crippen LogP contribution in [0.25, 0.3) is 0 Å². The first-order valence-electron chi connectivity index (χ1n) is 6.14. The molecule has 0 aromatic carbocycles. The van der Waals surface area contributed by atoms with E-state index >= 15 is 0 Å². The Labute approximate surface area is 131 Å². The zero-order valence-corrected chi connectivity index (χ0v) is 14.3. The van der Waals surface area contributed by atoms with Gasteiger partial charge in [0.15, 0.2) is 0 Å². The molecular formula is C11H16BrClN2O2S2. The molecule has 2 heterocycles. The van der Waals surface area contributed by atoms with Gasteiger partial charge in [-0.25, -0.2) is 13.1 Å². The monoisotopic (exact) mass is 386 g/mol. The summed E-state index contributed by atoms with van der Waals surface area (Å²) in [5.41, 5.74) is 0. The van der Waals surface area contributed by atoms with Crippen LogP contribution in [0.5, 0.6) is 0 Å². The van der Waals surface area contributed by atoms with Crippen molar-refractivity contribution in [2.24, 2.45) is 5.92 Å². The third-order valence-corrected chi connectivity index (χ3v) is 7.54. The first-order valence-corrected chi connectivity index (χ1v) is 9.61. The van der Waals surface area contributed by atoms with Gasteiger partial charge in [0.2, 0.25) is 10.0 Å². The van der Waals surface area contributed by atoms with Gasteiger partial charge in [0.25, 0.3) is 0 Å². The molecule has 1 atom stereocenters. The number of hydrogen-bond acceptors (Lipinski definition) is 4. The second kappa shape index (κ2) is 6.87. The van der Waals surface area contributed by atoms with Crippen LogP contribution < -0.4 is 10.0 Å². The molecule has 0 saturated carbocycles. The lowest BCUT2D eigenvalue weighted by atomic mass is 9.96. The highest BCUT2D eigenvalue weighted by Gasteiger charge is 2.19. The molecule has 8 heteroatoms. The van der Waals surface area contributed by atoms with E-state index in [1.54, 1.807) is 0 Å². The molecule has 1 fully saturated rings.